The molecule has 1 amide bonds. The summed E-state index contributed by atoms with van der Waals surface area (Å²) in [6.45, 7) is 3.90. The van der Waals surface area contributed by atoms with Crippen LogP contribution in [-0.4, -0.2) is 60.9 Å². The van der Waals surface area contributed by atoms with Crippen molar-refractivity contribution in [3.05, 3.63) is 42.7 Å². The second kappa shape index (κ2) is 7.67. The summed E-state index contributed by atoms with van der Waals surface area (Å²) in [6, 6.07) is 5.72. The van der Waals surface area contributed by atoms with Gasteiger partial charge in [-0.1, -0.05) is 6.07 Å². The minimum absolute atomic E-state index is 0.0482. The van der Waals surface area contributed by atoms with Gasteiger partial charge >= 0.3 is 0 Å². The summed E-state index contributed by atoms with van der Waals surface area (Å²) < 4.78 is 0. The normalized spacial score (nSPS) is 20.0. The summed E-state index contributed by atoms with van der Waals surface area (Å²) in [7, 11) is 0. The van der Waals surface area contributed by atoms with Crippen molar-refractivity contribution in [2.75, 3.05) is 18.4 Å². The number of nitrogens with zero attached hydrogens (tertiary/aromatic N) is 5. The van der Waals surface area contributed by atoms with Gasteiger partial charge in [0.05, 0.1) is 18.1 Å². The number of aromatic nitrogens is 5. The lowest BCUT2D eigenvalue weighted by atomic mass is 10.1. The molecule has 27 heavy (non-hydrogen) atoms. The fraction of sp³-hybridized carbons (Fsp3) is 0.389. The summed E-state index contributed by atoms with van der Waals surface area (Å²) in [6.07, 6.45) is 5.56. The summed E-state index contributed by atoms with van der Waals surface area (Å²) in [5, 5.41) is 6.39. The highest BCUT2D eigenvalue weighted by Crippen LogP contribution is 2.24. The molecule has 0 spiro atoms. The van der Waals surface area contributed by atoms with Crippen molar-refractivity contribution < 1.29 is 4.79 Å². The van der Waals surface area contributed by atoms with Crippen molar-refractivity contribution in [3.8, 4) is 0 Å². The molecule has 0 unspecified atom stereocenters. The fourth-order valence-electron chi connectivity index (χ4n) is 3.52. The Bertz CT molecular complexity index is 912. The molecule has 1 saturated heterocycles. The van der Waals surface area contributed by atoms with Gasteiger partial charge in [-0.15, -0.1) is 0 Å². The van der Waals surface area contributed by atoms with Crippen molar-refractivity contribution >= 4 is 22.9 Å². The Morgan fingerprint density at radius 2 is 2.22 bits per heavy atom. The largest absolute Gasteiger partial charge is 0.364 e. The van der Waals surface area contributed by atoms with Gasteiger partial charge < -0.3 is 15.6 Å². The maximum atomic E-state index is 12.6. The molecule has 0 bridgehead atoms. The van der Waals surface area contributed by atoms with E-state index < -0.39 is 0 Å². The van der Waals surface area contributed by atoms with E-state index in [0.29, 0.717) is 31.0 Å². The Morgan fingerprint density at radius 3 is 3.04 bits per heavy atom. The second-order valence-electron chi connectivity index (χ2n) is 6.56. The van der Waals surface area contributed by atoms with Crippen LogP contribution in [0.4, 0.5) is 5.82 Å². The van der Waals surface area contributed by atoms with E-state index in [1.165, 1.54) is 6.33 Å². The number of fused-ring (bicyclic) bond motifs is 1. The highest BCUT2D eigenvalue weighted by molar-refractivity contribution is 5.83. The van der Waals surface area contributed by atoms with Crippen LogP contribution in [0.25, 0.3) is 11.2 Å². The summed E-state index contributed by atoms with van der Waals surface area (Å²) in [5.41, 5.74) is 2.34. The van der Waals surface area contributed by atoms with Gasteiger partial charge in [-0.05, 0) is 25.5 Å². The van der Waals surface area contributed by atoms with E-state index in [0.717, 1.165) is 17.8 Å². The van der Waals surface area contributed by atoms with Crippen LogP contribution in [0.15, 0.2) is 37.1 Å². The molecule has 2 atom stereocenters. The Balaban J connectivity index is 1.52. The highest BCUT2D eigenvalue weighted by atomic mass is 16.2. The van der Waals surface area contributed by atoms with E-state index >= 15 is 0 Å². The quantitative estimate of drug-likeness (QED) is 0.595. The first-order valence-electron chi connectivity index (χ1n) is 9.07. The molecular formula is C18H22N8O. The number of hydrogen-bond donors (Lipinski definition) is 3. The van der Waals surface area contributed by atoms with E-state index in [4.69, 9.17) is 0 Å². The zero-order valence-electron chi connectivity index (χ0n) is 15.1. The molecule has 1 aliphatic heterocycles. The van der Waals surface area contributed by atoms with Gasteiger partial charge in [0.1, 0.15) is 11.8 Å². The summed E-state index contributed by atoms with van der Waals surface area (Å²) in [4.78, 5) is 34.8. The van der Waals surface area contributed by atoms with E-state index in [-0.39, 0.29) is 18.0 Å². The molecule has 9 nitrogen and oxygen atoms in total. The van der Waals surface area contributed by atoms with Crippen LogP contribution in [0.1, 0.15) is 19.0 Å². The molecule has 3 N–H and O–H groups in total. The lowest BCUT2D eigenvalue weighted by Gasteiger charge is -2.22. The molecule has 3 aromatic rings. The Hall–Kier alpha value is -3.07. The number of carbonyl (C=O) groups excluding carboxylic acids is 1. The minimum Gasteiger partial charge on any atom is -0.364 e. The number of imidazole rings is 1. The van der Waals surface area contributed by atoms with Gasteiger partial charge in [-0.3, -0.25) is 14.7 Å². The van der Waals surface area contributed by atoms with Crippen LogP contribution in [-0.2, 0) is 11.3 Å². The van der Waals surface area contributed by atoms with E-state index in [1.54, 1.807) is 12.5 Å². The lowest BCUT2D eigenvalue weighted by molar-refractivity contribution is -0.125. The number of aromatic amines is 1. The molecule has 0 aromatic carbocycles. The zero-order chi connectivity index (χ0) is 18.6. The van der Waals surface area contributed by atoms with Crippen LogP contribution < -0.4 is 10.6 Å². The Kier molecular flexibility index (Phi) is 4.93. The van der Waals surface area contributed by atoms with Crippen molar-refractivity contribution in [1.29, 1.82) is 0 Å². The SMILES string of the molecule is CCNC(=O)[C@@H]1C[C@H](Nc2ncnc3nc[nH]c23)CN1Cc1ccccn1. The van der Waals surface area contributed by atoms with Gasteiger partial charge in [0.2, 0.25) is 5.91 Å². The number of likely N-dealkylation sites (N-methyl/N-ethyl adjacent to an activating group) is 1. The van der Waals surface area contributed by atoms with E-state index in [2.05, 4.69) is 40.5 Å². The molecule has 1 fully saturated rings. The van der Waals surface area contributed by atoms with E-state index in [1.807, 2.05) is 25.1 Å². The van der Waals surface area contributed by atoms with Gasteiger partial charge in [0.25, 0.3) is 0 Å². The third-order valence-corrected chi connectivity index (χ3v) is 4.71. The van der Waals surface area contributed by atoms with Gasteiger partial charge in [-0.2, -0.15) is 0 Å². The smallest absolute Gasteiger partial charge is 0.237 e. The highest BCUT2D eigenvalue weighted by Gasteiger charge is 2.37. The zero-order valence-corrected chi connectivity index (χ0v) is 15.1. The maximum Gasteiger partial charge on any atom is 0.237 e. The number of likely N-dealkylation sites (tertiary alicyclic amines) is 1. The number of rotatable bonds is 6. The summed E-state index contributed by atoms with van der Waals surface area (Å²) >= 11 is 0. The summed E-state index contributed by atoms with van der Waals surface area (Å²) in [5.74, 6) is 0.754. The molecule has 0 aliphatic carbocycles. The molecule has 1 aliphatic rings. The number of anilines is 1. The van der Waals surface area contributed by atoms with Gasteiger partial charge in [-0.25, -0.2) is 15.0 Å². The fourth-order valence-corrected chi connectivity index (χ4v) is 3.52. The first-order chi connectivity index (χ1) is 13.2. The lowest BCUT2D eigenvalue weighted by Crippen LogP contribution is -2.42. The Labute approximate surface area is 156 Å². The molecule has 9 heteroatoms. The molecule has 4 heterocycles. The van der Waals surface area contributed by atoms with Crippen LogP contribution in [0, 0.1) is 0 Å². The topological polar surface area (TPSA) is 112 Å². The molecule has 3 aromatic heterocycles. The second-order valence-corrected chi connectivity index (χ2v) is 6.56. The standard InChI is InChI=1S/C18H22N8O/c1-2-19-18(27)14-7-13(9-26(14)8-12-5-3-4-6-20-12)25-17-15-16(22-10-21-15)23-11-24-17/h3-6,10-11,13-14H,2,7-9H2,1H3,(H,19,27)(H2,21,22,23,24,25)/t13-,14-/m0/s1. The van der Waals surface area contributed by atoms with Crippen molar-refractivity contribution in [2.24, 2.45) is 0 Å². The Morgan fingerprint density at radius 1 is 1.30 bits per heavy atom. The average Bonchev–Trinajstić information content (AvgIpc) is 3.30. The first kappa shape index (κ1) is 17.3. The molecular weight excluding hydrogens is 344 g/mol. The van der Waals surface area contributed by atoms with Crippen LogP contribution >= 0.6 is 0 Å². The number of pyridine rings is 1. The third kappa shape index (κ3) is 3.72. The average molecular weight is 366 g/mol. The molecule has 4 rings (SSSR count). The number of hydrogen-bond acceptors (Lipinski definition) is 7. The third-order valence-electron chi connectivity index (χ3n) is 4.71. The van der Waals surface area contributed by atoms with Crippen molar-refractivity contribution in [3.63, 3.8) is 0 Å². The van der Waals surface area contributed by atoms with Crippen molar-refractivity contribution in [2.45, 2.75) is 32.0 Å². The maximum absolute atomic E-state index is 12.6. The minimum atomic E-state index is -0.205. The molecule has 140 valence electrons. The number of amides is 1. The monoisotopic (exact) mass is 366 g/mol. The van der Waals surface area contributed by atoms with Crippen LogP contribution in [0.2, 0.25) is 0 Å². The predicted molar refractivity (Wildman–Crippen MR) is 101 cm³/mol. The van der Waals surface area contributed by atoms with Crippen LogP contribution in [0.5, 0.6) is 0 Å². The van der Waals surface area contributed by atoms with E-state index in [9.17, 15) is 4.79 Å². The predicted octanol–water partition coefficient (Wildman–Crippen LogP) is 0.939. The first-order valence-corrected chi connectivity index (χ1v) is 9.07. The number of H-pyrrole nitrogens is 1. The number of carbonyl (C=O) groups is 1. The van der Waals surface area contributed by atoms with Crippen LogP contribution in [0.3, 0.4) is 0 Å². The van der Waals surface area contributed by atoms with Crippen molar-refractivity contribution in [1.82, 2.24) is 35.1 Å². The molecule has 0 radical (unpaired) electrons. The van der Waals surface area contributed by atoms with Gasteiger partial charge in [0, 0.05) is 31.9 Å². The molecule has 0 saturated carbocycles. The van der Waals surface area contributed by atoms with Gasteiger partial charge in [0.15, 0.2) is 11.5 Å². The number of nitrogens with one attached hydrogen (secondary N) is 3.